The molecule has 0 unspecified atom stereocenters. The van der Waals surface area contributed by atoms with Gasteiger partial charge in [-0.1, -0.05) is 54.9 Å². The minimum absolute atomic E-state index is 0. The lowest BCUT2D eigenvalue weighted by atomic mass is 10.0. The number of rotatable bonds is 7. The molecular weight excluding hydrogens is 945 g/mol. The van der Waals surface area contributed by atoms with Gasteiger partial charge in [0.15, 0.2) is 46.5 Å². The van der Waals surface area contributed by atoms with E-state index < -0.39 is 80.7 Å². The summed E-state index contributed by atoms with van der Waals surface area (Å²) in [6.45, 7) is 4.72. The maximum absolute atomic E-state index is 15.1. The molecule has 0 bridgehead atoms. The second kappa shape index (κ2) is 20.6. The van der Waals surface area contributed by atoms with Gasteiger partial charge in [0.2, 0.25) is 0 Å². The standard InChI is InChI=1S/C26H19ClF3N3O3.C21H11ClF3N3O.CH4.ClH/c1-26(2,3)36-25(35)33-19-11-16(28)22(29)21(23(19)30)24(34)14-6-9-17-18(10-14)32-20(12-31-17)13-4-7-15(27)8-5-13;22-12-4-1-10(2-5-12)17-9-27-15-6-3-11(7-16(15)28-17)21(29)18-19(24)13(23)8-14(26)20(18)25;;/h4-12H,1-3H3,(H,33,35);1-9H,26H2;1H4;1H. The van der Waals surface area contributed by atoms with Crippen molar-refractivity contribution in [3.63, 3.8) is 0 Å². The molecule has 0 spiro atoms. The third-order valence-electron chi connectivity index (χ3n) is 9.32. The zero-order valence-electron chi connectivity index (χ0n) is 34.3. The first-order valence-corrected chi connectivity index (χ1v) is 19.8. The van der Waals surface area contributed by atoms with Crippen molar-refractivity contribution in [3.8, 4) is 22.5 Å². The Kier molecular flexibility index (Phi) is 15.6. The van der Waals surface area contributed by atoms with Crippen LogP contribution >= 0.6 is 35.6 Å². The fourth-order valence-electron chi connectivity index (χ4n) is 6.24. The molecule has 344 valence electrons. The first-order valence-electron chi connectivity index (χ1n) is 19.0. The lowest BCUT2D eigenvalue weighted by Crippen LogP contribution is -2.28. The molecular formula is C48H35Cl3F6N6O4. The van der Waals surface area contributed by atoms with E-state index in [0.29, 0.717) is 55.7 Å². The van der Waals surface area contributed by atoms with Crippen LogP contribution in [0.5, 0.6) is 0 Å². The van der Waals surface area contributed by atoms with Crippen LogP contribution in [0.25, 0.3) is 44.6 Å². The molecule has 67 heavy (non-hydrogen) atoms. The van der Waals surface area contributed by atoms with Crippen LogP contribution in [0.2, 0.25) is 10.0 Å². The van der Waals surface area contributed by atoms with E-state index in [1.807, 2.05) is 5.32 Å². The Hall–Kier alpha value is -7.14. The van der Waals surface area contributed by atoms with Crippen LogP contribution in [0, 0.1) is 34.9 Å². The summed E-state index contributed by atoms with van der Waals surface area (Å²) in [6, 6.07) is 22.9. The molecule has 3 N–H and O–H groups in total. The number of ketones is 2. The molecule has 2 aromatic heterocycles. The molecule has 2 heterocycles. The highest BCUT2D eigenvalue weighted by Gasteiger charge is 2.28. The van der Waals surface area contributed by atoms with E-state index in [0.717, 1.165) is 5.56 Å². The number of ether oxygens (including phenoxy) is 1. The van der Waals surface area contributed by atoms with Gasteiger partial charge in [0.25, 0.3) is 0 Å². The van der Waals surface area contributed by atoms with Crippen molar-refractivity contribution in [2.24, 2.45) is 0 Å². The Bertz CT molecular complexity index is 3190. The maximum atomic E-state index is 15.1. The fourth-order valence-corrected chi connectivity index (χ4v) is 6.50. The van der Waals surface area contributed by atoms with Crippen LogP contribution in [0.15, 0.2) is 109 Å². The number of hydrogen-bond donors (Lipinski definition) is 2. The number of nitrogens with two attached hydrogens (primary N) is 1. The van der Waals surface area contributed by atoms with E-state index in [2.05, 4.69) is 19.9 Å². The number of halogens is 9. The average molecular weight is 980 g/mol. The van der Waals surface area contributed by atoms with Crippen molar-refractivity contribution < 1.29 is 45.5 Å². The van der Waals surface area contributed by atoms with Crippen LogP contribution in [0.1, 0.15) is 60.0 Å². The molecule has 0 aliphatic heterocycles. The third-order valence-corrected chi connectivity index (χ3v) is 9.82. The van der Waals surface area contributed by atoms with Gasteiger partial charge in [-0.2, -0.15) is 0 Å². The largest absolute Gasteiger partial charge is 0.444 e. The van der Waals surface area contributed by atoms with Gasteiger partial charge in [0.05, 0.1) is 68.4 Å². The highest BCUT2D eigenvalue weighted by atomic mass is 35.5. The number of fused-ring (bicyclic) bond motifs is 2. The normalized spacial score (nSPS) is 10.9. The van der Waals surface area contributed by atoms with Gasteiger partial charge in [0.1, 0.15) is 5.60 Å². The van der Waals surface area contributed by atoms with Gasteiger partial charge >= 0.3 is 6.09 Å². The monoisotopic (exact) mass is 978 g/mol. The second-order valence-electron chi connectivity index (χ2n) is 15.1. The van der Waals surface area contributed by atoms with Crippen molar-refractivity contribution >= 4 is 86.7 Å². The molecule has 0 aliphatic rings. The second-order valence-corrected chi connectivity index (χ2v) is 15.9. The van der Waals surface area contributed by atoms with E-state index in [1.54, 1.807) is 75.5 Å². The van der Waals surface area contributed by atoms with Gasteiger partial charge in [-0.25, -0.2) is 41.1 Å². The first kappa shape index (κ1) is 50.9. The van der Waals surface area contributed by atoms with Gasteiger partial charge in [0, 0.05) is 44.4 Å². The van der Waals surface area contributed by atoms with Crippen molar-refractivity contribution in [3.05, 3.63) is 177 Å². The van der Waals surface area contributed by atoms with E-state index in [1.165, 1.54) is 42.6 Å². The highest BCUT2D eigenvalue weighted by molar-refractivity contribution is 6.31. The topological polar surface area (TPSA) is 150 Å². The van der Waals surface area contributed by atoms with Gasteiger partial charge < -0.3 is 10.5 Å². The molecule has 0 fully saturated rings. The summed E-state index contributed by atoms with van der Waals surface area (Å²) in [4.78, 5) is 55.3. The van der Waals surface area contributed by atoms with Crippen LogP contribution in [0.3, 0.4) is 0 Å². The van der Waals surface area contributed by atoms with Crippen LogP contribution in [-0.4, -0.2) is 43.2 Å². The minimum atomic E-state index is -1.69. The minimum Gasteiger partial charge on any atom is -0.444 e. The molecule has 1 amide bonds. The Labute approximate surface area is 394 Å². The Morgan fingerprint density at radius 2 is 1.00 bits per heavy atom. The average Bonchev–Trinajstić information content (AvgIpc) is 3.27. The molecule has 6 aromatic carbocycles. The van der Waals surface area contributed by atoms with Crippen LogP contribution in [0.4, 0.5) is 42.5 Å². The van der Waals surface area contributed by atoms with Crippen molar-refractivity contribution in [2.45, 2.75) is 33.8 Å². The molecule has 0 saturated heterocycles. The van der Waals surface area contributed by atoms with Gasteiger partial charge in [-0.05, 0) is 81.4 Å². The van der Waals surface area contributed by atoms with E-state index >= 15 is 4.39 Å². The summed E-state index contributed by atoms with van der Waals surface area (Å²) < 4.78 is 91.0. The number of carbonyl (C=O) groups excluding carboxylic acids is 3. The number of aromatic nitrogens is 4. The predicted octanol–water partition coefficient (Wildman–Crippen LogP) is 13.2. The number of hydrogen-bond acceptors (Lipinski definition) is 9. The smallest absolute Gasteiger partial charge is 0.412 e. The summed E-state index contributed by atoms with van der Waals surface area (Å²) in [6.07, 6.45) is 1.99. The summed E-state index contributed by atoms with van der Waals surface area (Å²) in [5.41, 5.74) is 4.52. The molecule has 8 rings (SSSR count). The molecule has 0 aliphatic carbocycles. The Morgan fingerprint density at radius 1 is 0.582 bits per heavy atom. The van der Waals surface area contributed by atoms with E-state index in [4.69, 9.17) is 33.7 Å². The first-order chi connectivity index (χ1) is 30.8. The van der Waals surface area contributed by atoms with E-state index in [9.17, 15) is 36.3 Å². The lowest BCUT2D eigenvalue weighted by molar-refractivity contribution is 0.0634. The van der Waals surface area contributed by atoms with E-state index in [-0.39, 0.29) is 36.5 Å². The predicted molar refractivity (Wildman–Crippen MR) is 248 cm³/mol. The molecule has 0 saturated carbocycles. The number of amides is 1. The summed E-state index contributed by atoms with van der Waals surface area (Å²) in [7, 11) is 0. The number of nitrogens with one attached hydrogen (secondary N) is 1. The number of nitrogens with zero attached hydrogens (tertiary/aromatic N) is 4. The lowest BCUT2D eigenvalue weighted by Gasteiger charge is -2.20. The molecule has 8 aromatic rings. The Balaban J connectivity index is 0.000000249. The Morgan fingerprint density at radius 3 is 1.43 bits per heavy atom. The maximum Gasteiger partial charge on any atom is 0.412 e. The van der Waals surface area contributed by atoms with Crippen molar-refractivity contribution in [1.29, 1.82) is 0 Å². The van der Waals surface area contributed by atoms with Crippen LogP contribution in [-0.2, 0) is 4.74 Å². The van der Waals surface area contributed by atoms with Gasteiger partial charge in [-0.15, -0.1) is 12.4 Å². The van der Waals surface area contributed by atoms with Crippen molar-refractivity contribution in [1.82, 2.24) is 19.9 Å². The summed E-state index contributed by atoms with van der Waals surface area (Å²) in [5, 5.41) is 3.12. The molecule has 0 atom stereocenters. The zero-order valence-corrected chi connectivity index (χ0v) is 36.7. The summed E-state index contributed by atoms with van der Waals surface area (Å²) >= 11 is 11.8. The number of anilines is 2. The number of carbonyl (C=O) groups is 3. The zero-order chi connectivity index (χ0) is 46.9. The fraction of sp³-hybridized carbons (Fsp3) is 0.104. The number of benzene rings is 6. The van der Waals surface area contributed by atoms with Gasteiger partial charge in [-0.3, -0.25) is 24.9 Å². The molecule has 10 nitrogen and oxygen atoms in total. The SMILES string of the molecule is C.CC(C)(C)OC(=O)Nc1cc(F)c(F)c(C(=O)c2ccc3ncc(-c4ccc(Cl)cc4)nc3c2)c1F.Cl.Nc1cc(F)c(F)c(C(=O)c2ccc3ncc(-c4ccc(Cl)cc4)nc3c2)c1F. The molecule has 19 heteroatoms. The van der Waals surface area contributed by atoms with Crippen molar-refractivity contribution in [2.75, 3.05) is 11.1 Å². The van der Waals surface area contributed by atoms with Crippen LogP contribution < -0.4 is 11.1 Å². The molecule has 0 radical (unpaired) electrons. The third kappa shape index (κ3) is 11.3. The number of nitrogen functional groups attached to an aromatic ring is 1. The quantitative estimate of drug-likeness (QED) is 0.0688. The summed E-state index contributed by atoms with van der Waals surface area (Å²) in [5.74, 6) is -11.1. The highest BCUT2D eigenvalue weighted by Crippen LogP contribution is 2.30.